The van der Waals surface area contributed by atoms with E-state index >= 15 is 0 Å². The Hall–Kier alpha value is -1.62. The van der Waals surface area contributed by atoms with Gasteiger partial charge in [0.2, 0.25) is 0 Å². The van der Waals surface area contributed by atoms with Gasteiger partial charge in [0, 0.05) is 17.6 Å². The molecule has 1 aromatic carbocycles. The minimum Gasteiger partial charge on any atom is -0.364 e. The summed E-state index contributed by atoms with van der Waals surface area (Å²) in [5.74, 6) is 0.390. The molecule has 2 aromatic rings. The van der Waals surface area contributed by atoms with Crippen molar-refractivity contribution in [1.29, 1.82) is 0 Å². The molecule has 4 heteroatoms. The van der Waals surface area contributed by atoms with Crippen molar-refractivity contribution >= 4 is 10.9 Å². The average Bonchev–Trinajstić information content (AvgIpc) is 2.84. The second kappa shape index (κ2) is 5.19. The number of para-hydroxylation sites is 1. The number of rotatable bonds is 0. The van der Waals surface area contributed by atoms with Crippen LogP contribution in [0.1, 0.15) is 43.3 Å². The van der Waals surface area contributed by atoms with Gasteiger partial charge in [0.1, 0.15) is 6.23 Å². The second-order valence-corrected chi connectivity index (χ2v) is 7.40. The third-order valence-electron chi connectivity index (χ3n) is 6.28. The Labute approximate surface area is 142 Å². The SMILES string of the molecule is CC=C1[C@@H]2C[C@H]3c4c(c5ccccc5n4[C@@H](C2)O[C@H]1O)CCN3C. The quantitative estimate of drug-likeness (QED) is 0.755. The zero-order valence-electron chi connectivity index (χ0n) is 14.3. The van der Waals surface area contributed by atoms with Crippen LogP contribution in [0.4, 0.5) is 0 Å². The topological polar surface area (TPSA) is 37.6 Å². The molecule has 1 saturated heterocycles. The molecule has 0 saturated carbocycles. The molecule has 4 nitrogen and oxygen atoms in total. The number of allylic oxidation sites excluding steroid dienone is 1. The molecule has 1 fully saturated rings. The van der Waals surface area contributed by atoms with Crippen LogP contribution in [0.25, 0.3) is 10.9 Å². The maximum atomic E-state index is 10.5. The summed E-state index contributed by atoms with van der Waals surface area (Å²) in [4.78, 5) is 2.48. The lowest BCUT2D eigenvalue weighted by Crippen LogP contribution is -2.34. The van der Waals surface area contributed by atoms with Crippen molar-refractivity contribution in [2.75, 3.05) is 13.6 Å². The van der Waals surface area contributed by atoms with E-state index in [2.05, 4.69) is 40.8 Å². The molecule has 1 N–H and O–H groups in total. The predicted octanol–water partition coefficient (Wildman–Crippen LogP) is 3.37. The molecule has 0 aliphatic carbocycles. The first-order chi connectivity index (χ1) is 11.7. The molecule has 0 spiro atoms. The Morgan fingerprint density at radius 3 is 2.92 bits per heavy atom. The molecular weight excluding hydrogens is 300 g/mol. The summed E-state index contributed by atoms with van der Waals surface area (Å²) in [7, 11) is 2.23. The number of hydrogen-bond acceptors (Lipinski definition) is 3. The molecule has 5 rings (SSSR count). The molecule has 1 aromatic heterocycles. The molecule has 0 unspecified atom stereocenters. The molecule has 4 heterocycles. The average molecular weight is 324 g/mol. The summed E-state index contributed by atoms with van der Waals surface area (Å²) >= 11 is 0. The molecule has 2 bridgehead atoms. The van der Waals surface area contributed by atoms with Gasteiger partial charge in [-0.2, -0.15) is 0 Å². The van der Waals surface area contributed by atoms with Gasteiger partial charge in [0.25, 0.3) is 0 Å². The van der Waals surface area contributed by atoms with E-state index < -0.39 is 6.29 Å². The van der Waals surface area contributed by atoms with Gasteiger partial charge >= 0.3 is 0 Å². The van der Waals surface area contributed by atoms with Crippen molar-refractivity contribution in [3.8, 4) is 0 Å². The summed E-state index contributed by atoms with van der Waals surface area (Å²) in [6.07, 6.45) is 4.31. The number of aliphatic hydroxyl groups excluding tert-OH is 1. The van der Waals surface area contributed by atoms with Crippen molar-refractivity contribution in [2.45, 2.75) is 44.7 Å². The van der Waals surface area contributed by atoms with E-state index in [-0.39, 0.29) is 6.23 Å². The molecule has 0 radical (unpaired) electrons. The van der Waals surface area contributed by atoms with Gasteiger partial charge in [0.15, 0.2) is 6.29 Å². The highest BCUT2D eigenvalue weighted by Crippen LogP contribution is 2.50. The van der Waals surface area contributed by atoms with Gasteiger partial charge in [-0.3, -0.25) is 4.90 Å². The lowest BCUT2D eigenvalue weighted by molar-refractivity contribution is -0.166. The number of aliphatic hydroxyl groups is 1. The highest BCUT2D eigenvalue weighted by molar-refractivity contribution is 5.86. The first-order valence-corrected chi connectivity index (χ1v) is 9.00. The molecule has 0 amide bonds. The number of benzene rings is 1. The largest absolute Gasteiger partial charge is 0.364 e. The maximum Gasteiger partial charge on any atom is 0.179 e. The van der Waals surface area contributed by atoms with Gasteiger partial charge in [0.05, 0.1) is 11.6 Å². The molecule has 3 aliphatic rings. The zero-order chi connectivity index (χ0) is 16.4. The van der Waals surface area contributed by atoms with Crippen LogP contribution < -0.4 is 0 Å². The van der Waals surface area contributed by atoms with Gasteiger partial charge in [-0.05, 0) is 56.4 Å². The van der Waals surface area contributed by atoms with E-state index in [9.17, 15) is 5.11 Å². The van der Waals surface area contributed by atoms with Gasteiger partial charge in [-0.1, -0.05) is 24.3 Å². The Bertz CT molecular complexity index is 838. The molecular formula is C20H24N2O2. The van der Waals surface area contributed by atoms with E-state index in [1.807, 2.05) is 13.0 Å². The Morgan fingerprint density at radius 2 is 2.08 bits per heavy atom. The lowest BCUT2D eigenvalue weighted by Gasteiger charge is -2.35. The summed E-state index contributed by atoms with van der Waals surface area (Å²) in [6, 6.07) is 9.08. The number of aromatic nitrogens is 1. The van der Waals surface area contributed by atoms with Crippen molar-refractivity contribution in [1.82, 2.24) is 9.47 Å². The lowest BCUT2D eigenvalue weighted by atomic mass is 9.84. The minimum absolute atomic E-state index is 0.0705. The normalized spacial score (nSPS) is 34.4. The summed E-state index contributed by atoms with van der Waals surface area (Å²) in [6.45, 7) is 3.11. The van der Waals surface area contributed by atoms with Gasteiger partial charge < -0.3 is 14.4 Å². The summed E-state index contributed by atoms with van der Waals surface area (Å²) < 4.78 is 8.46. The number of hydrogen-bond donors (Lipinski definition) is 1. The van der Waals surface area contributed by atoms with Gasteiger partial charge in [-0.25, -0.2) is 0 Å². The predicted molar refractivity (Wildman–Crippen MR) is 93.6 cm³/mol. The van der Waals surface area contributed by atoms with Crippen LogP contribution in [0, 0.1) is 5.92 Å². The maximum absolute atomic E-state index is 10.5. The van der Waals surface area contributed by atoms with Crippen molar-refractivity contribution in [2.24, 2.45) is 5.92 Å². The van der Waals surface area contributed by atoms with E-state index in [0.29, 0.717) is 12.0 Å². The van der Waals surface area contributed by atoms with Crippen molar-refractivity contribution in [3.05, 3.63) is 47.2 Å². The standard InChI is InChI=1S/C20H24N2O2/c1-3-13-12-10-17-19-15(8-9-21(17)2)14-6-4-5-7-16(14)22(19)18(11-12)24-20(13)23/h3-7,12,17-18,20,23H,8-11H2,1-2H3/t12-,17+,18-,20-/m1/s1. The highest BCUT2D eigenvalue weighted by atomic mass is 16.6. The van der Waals surface area contributed by atoms with E-state index in [4.69, 9.17) is 4.74 Å². The molecule has 3 aliphatic heterocycles. The second-order valence-electron chi connectivity index (χ2n) is 7.40. The smallest absolute Gasteiger partial charge is 0.179 e. The first-order valence-electron chi connectivity index (χ1n) is 9.00. The third kappa shape index (κ3) is 1.85. The highest BCUT2D eigenvalue weighted by Gasteiger charge is 2.43. The van der Waals surface area contributed by atoms with Crippen molar-refractivity contribution in [3.63, 3.8) is 0 Å². The Morgan fingerprint density at radius 1 is 1.25 bits per heavy atom. The van der Waals surface area contributed by atoms with Crippen LogP contribution in [0.3, 0.4) is 0 Å². The number of nitrogens with zero attached hydrogens (tertiary/aromatic N) is 2. The van der Waals surface area contributed by atoms with Crippen LogP contribution in [-0.2, 0) is 11.2 Å². The third-order valence-corrected chi connectivity index (χ3v) is 6.28. The van der Waals surface area contributed by atoms with Crippen LogP contribution in [0.5, 0.6) is 0 Å². The minimum atomic E-state index is -0.777. The molecule has 24 heavy (non-hydrogen) atoms. The van der Waals surface area contributed by atoms with E-state index in [0.717, 1.165) is 31.4 Å². The fourth-order valence-corrected chi connectivity index (χ4v) is 5.14. The summed E-state index contributed by atoms with van der Waals surface area (Å²) in [5, 5.41) is 11.9. The van der Waals surface area contributed by atoms with Crippen LogP contribution >= 0.6 is 0 Å². The molecule has 126 valence electrons. The van der Waals surface area contributed by atoms with Crippen molar-refractivity contribution < 1.29 is 9.84 Å². The number of likely N-dealkylation sites (N-methyl/N-ethyl adjacent to an activating group) is 1. The summed E-state index contributed by atoms with van der Waals surface area (Å²) in [5.41, 5.74) is 5.22. The van der Waals surface area contributed by atoms with E-state index in [1.165, 1.54) is 22.2 Å². The number of ether oxygens (including phenoxy) is 1. The monoisotopic (exact) mass is 324 g/mol. The van der Waals surface area contributed by atoms with Crippen LogP contribution in [-0.4, -0.2) is 34.5 Å². The van der Waals surface area contributed by atoms with E-state index in [1.54, 1.807) is 0 Å². The fourth-order valence-electron chi connectivity index (χ4n) is 5.14. The fraction of sp³-hybridized carbons (Fsp3) is 0.500. The van der Waals surface area contributed by atoms with Crippen LogP contribution in [0.15, 0.2) is 35.9 Å². The first kappa shape index (κ1) is 14.7. The Kier molecular flexibility index (Phi) is 3.18. The van der Waals surface area contributed by atoms with Gasteiger partial charge in [-0.15, -0.1) is 0 Å². The molecule has 4 atom stereocenters. The zero-order valence-corrected chi connectivity index (χ0v) is 14.3. The Balaban J connectivity index is 1.78. The van der Waals surface area contributed by atoms with Crippen LogP contribution in [0.2, 0.25) is 0 Å². The number of fused-ring (bicyclic) bond motifs is 6.